The third-order valence-electron chi connectivity index (χ3n) is 6.03. The molecule has 2 aliphatic rings. The monoisotopic (exact) mass is 470 g/mol. The van der Waals surface area contributed by atoms with Crippen molar-refractivity contribution in [1.82, 2.24) is 9.13 Å². The van der Waals surface area contributed by atoms with Gasteiger partial charge in [-0.25, -0.2) is 0 Å². The normalized spacial score (nSPS) is 11.8. The van der Waals surface area contributed by atoms with Gasteiger partial charge in [0.1, 0.15) is 5.75 Å². The van der Waals surface area contributed by atoms with Crippen LogP contribution in [0.1, 0.15) is 25.8 Å². The summed E-state index contributed by atoms with van der Waals surface area (Å²) in [7, 11) is 1.60. The van der Waals surface area contributed by atoms with Crippen molar-refractivity contribution >= 4 is 11.0 Å². The van der Waals surface area contributed by atoms with Crippen molar-refractivity contribution < 1.29 is 4.74 Å². The molecule has 180 valence electrons. The first kappa shape index (κ1) is 24.0. The number of para-hydroxylation sites is 2. The Labute approximate surface area is 203 Å². The molecule has 7 nitrogen and oxygen atoms in total. The van der Waals surface area contributed by atoms with Crippen LogP contribution in [-0.4, -0.2) is 16.2 Å². The van der Waals surface area contributed by atoms with E-state index in [1.54, 1.807) is 16.2 Å². The zero-order chi connectivity index (χ0) is 24.9. The molecular formula is C28H30N4O3. The van der Waals surface area contributed by atoms with Crippen LogP contribution < -0.4 is 27.1 Å². The number of ether oxygens (including phenoxy) is 1. The molecule has 2 aromatic carbocycles. The molecule has 0 aliphatic heterocycles. The quantitative estimate of drug-likeness (QED) is 0.303. The molecule has 2 aliphatic carbocycles. The number of hydrogen-bond acceptors (Lipinski definition) is 5. The Balaban J connectivity index is 0.000000411. The van der Waals surface area contributed by atoms with Crippen molar-refractivity contribution in [2.75, 3.05) is 7.11 Å². The smallest absolute Gasteiger partial charge is 0.284 e. The molecule has 0 saturated carbocycles. The summed E-state index contributed by atoms with van der Waals surface area (Å²) in [6.07, 6.45) is 0.796. The molecule has 2 N–H and O–H groups in total. The van der Waals surface area contributed by atoms with Crippen molar-refractivity contribution in [3.8, 4) is 16.9 Å². The van der Waals surface area contributed by atoms with E-state index < -0.39 is 11.1 Å². The van der Waals surface area contributed by atoms with Gasteiger partial charge < -0.3 is 19.7 Å². The van der Waals surface area contributed by atoms with Gasteiger partial charge in [0, 0.05) is 6.54 Å². The highest BCUT2D eigenvalue weighted by Crippen LogP contribution is 2.32. The standard InChI is InChI=1S/C22H26N4O3.C6H4/c1-15(2)12-13-25-18-6-4-5-7-19(18)26(22(28)20(24-23)21(25)27)14-16-8-10-17(29-3)11-9-16;1-2-5-4-6(5)3-1/h4-11,15H,12-14,23H2,1-3H3;1-4H. The van der Waals surface area contributed by atoms with Crippen LogP contribution in [0, 0.1) is 5.92 Å². The first-order valence-corrected chi connectivity index (χ1v) is 11.7. The van der Waals surface area contributed by atoms with Crippen LogP contribution in [0.3, 0.4) is 0 Å². The van der Waals surface area contributed by atoms with E-state index in [2.05, 4.69) is 43.2 Å². The predicted octanol–water partition coefficient (Wildman–Crippen LogP) is 3.71. The second-order valence-corrected chi connectivity index (χ2v) is 8.93. The minimum Gasteiger partial charge on any atom is -0.497 e. The van der Waals surface area contributed by atoms with E-state index in [0.29, 0.717) is 23.5 Å². The summed E-state index contributed by atoms with van der Waals surface area (Å²) in [4.78, 5) is 26.3. The molecule has 0 atom stereocenters. The van der Waals surface area contributed by atoms with Crippen molar-refractivity contribution in [1.29, 1.82) is 0 Å². The van der Waals surface area contributed by atoms with Gasteiger partial charge in [-0.1, -0.05) is 56.3 Å². The second kappa shape index (κ2) is 10.4. The maximum absolute atomic E-state index is 13.2. The maximum Gasteiger partial charge on any atom is 0.284 e. The first-order valence-electron chi connectivity index (χ1n) is 11.7. The molecule has 0 unspecified atom stereocenters. The minimum atomic E-state index is -0.507. The van der Waals surface area contributed by atoms with Crippen molar-refractivity contribution in [3.05, 3.63) is 104 Å². The zero-order valence-corrected chi connectivity index (χ0v) is 20.3. The number of methoxy groups -OCH3 is 1. The van der Waals surface area contributed by atoms with Gasteiger partial charge in [0.15, 0.2) is 0 Å². The van der Waals surface area contributed by atoms with Crippen LogP contribution in [0.15, 0.2) is 87.5 Å². The maximum atomic E-state index is 13.2. The first-order chi connectivity index (χ1) is 16.9. The van der Waals surface area contributed by atoms with Gasteiger partial charge in [-0.15, -0.1) is 0 Å². The van der Waals surface area contributed by atoms with E-state index in [1.165, 1.54) is 11.1 Å². The minimum absolute atomic E-state index is 0.265. The van der Waals surface area contributed by atoms with Crippen LogP contribution >= 0.6 is 0 Å². The Morgan fingerprint density at radius 3 is 1.94 bits per heavy atom. The molecule has 7 heteroatoms. The number of fused-ring (bicyclic) bond motifs is 2. The number of nitrogens with two attached hydrogens (primary N) is 1. The zero-order valence-electron chi connectivity index (χ0n) is 20.3. The fraction of sp³-hybridized carbons (Fsp3) is 0.250. The number of nitrogens with zero attached hydrogens (tertiary/aromatic N) is 3. The average Bonchev–Trinajstić information content (AvgIpc) is 3.49. The number of aryl methyl sites for hydroxylation is 1. The highest BCUT2D eigenvalue weighted by molar-refractivity contribution is 5.80. The van der Waals surface area contributed by atoms with Crippen LogP contribution in [0.25, 0.3) is 22.2 Å². The highest BCUT2D eigenvalue weighted by atomic mass is 16.5. The Morgan fingerprint density at radius 1 is 0.857 bits per heavy atom. The van der Waals surface area contributed by atoms with Gasteiger partial charge in [0.05, 0.1) is 24.7 Å². The summed E-state index contributed by atoms with van der Waals surface area (Å²) in [6.45, 7) is 4.95. The second-order valence-electron chi connectivity index (χ2n) is 8.93. The lowest BCUT2D eigenvalue weighted by Gasteiger charge is -2.11. The summed E-state index contributed by atoms with van der Waals surface area (Å²) in [6, 6.07) is 23.3. The number of rotatable bonds is 6. The lowest BCUT2D eigenvalue weighted by molar-refractivity contribution is 0.414. The molecule has 1 aromatic heterocycles. The lowest BCUT2D eigenvalue weighted by Crippen LogP contribution is -2.45. The van der Waals surface area contributed by atoms with Crippen LogP contribution in [0.2, 0.25) is 0 Å². The van der Waals surface area contributed by atoms with E-state index in [-0.39, 0.29) is 11.9 Å². The Morgan fingerprint density at radius 2 is 1.46 bits per heavy atom. The molecule has 0 fully saturated rings. The summed E-state index contributed by atoms with van der Waals surface area (Å²) in [5.74, 6) is 6.61. The van der Waals surface area contributed by atoms with Crippen molar-refractivity contribution in [2.24, 2.45) is 16.9 Å². The van der Waals surface area contributed by atoms with Gasteiger partial charge >= 0.3 is 0 Å². The van der Waals surface area contributed by atoms with Crippen LogP contribution in [-0.2, 0) is 13.1 Å². The molecule has 35 heavy (non-hydrogen) atoms. The number of benzene rings is 3. The molecule has 0 amide bonds. The summed E-state index contributed by atoms with van der Waals surface area (Å²) in [5.41, 5.74) is 4.11. The fourth-order valence-electron chi connectivity index (χ4n) is 3.95. The van der Waals surface area contributed by atoms with E-state index >= 15 is 0 Å². The molecule has 0 radical (unpaired) electrons. The molecular weight excluding hydrogens is 440 g/mol. The molecule has 5 rings (SSSR count). The van der Waals surface area contributed by atoms with Crippen LogP contribution in [0.4, 0.5) is 0 Å². The van der Waals surface area contributed by atoms with Gasteiger partial charge in [0.25, 0.3) is 11.1 Å². The Kier molecular flexibility index (Phi) is 7.15. The van der Waals surface area contributed by atoms with E-state index in [0.717, 1.165) is 17.7 Å². The third kappa shape index (κ3) is 5.35. The Hall–Kier alpha value is -4.13. The lowest BCUT2D eigenvalue weighted by atomic mass is 10.1. The van der Waals surface area contributed by atoms with Gasteiger partial charge in [-0.3, -0.25) is 9.59 Å². The van der Waals surface area contributed by atoms with Gasteiger partial charge in [0.2, 0.25) is 5.36 Å². The van der Waals surface area contributed by atoms with E-state index in [9.17, 15) is 9.59 Å². The SMILES string of the molecule is COc1ccc(Cn2c(=O)c(=NN)c(=O)n(CCC(C)C)c3ccccc32)cc1.c1cc2cc-2c1. The summed E-state index contributed by atoms with van der Waals surface area (Å²) < 4.78 is 8.35. The molecule has 3 aromatic rings. The van der Waals surface area contributed by atoms with Gasteiger partial charge in [-0.05, 0) is 59.4 Å². The van der Waals surface area contributed by atoms with Gasteiger partial charge in [-0.2, -0.15) is 5.10 Å². The molecule has 0 spiro atoms. The summed E-state index contributed by atoms with van der Waals surface area (Å²) in [5, 5.41) is 3.30. The molecule has 0 saturated heterocycles. The van der Waals surface area contributed by atoms with Crippen molar-refractivity contribution in [2.45, 2.75) is 33.4 Å². The largest absolute Gasteiger partial charge is 0.497 e. The van der Waals surface area contributed by atoms with E-state index in [4.69, 9.17) is 10.6 Å². The number of hydrogen-bond donors (Lipinski definition) is 1. The summed E-state index contributed by atoms with van der Waals surface area (Å²) >= 11 is 0. The molecule has 0 bridgehead atoms. The topological polar surface area (TPSA) is 91.6 Å². The van der Waals surface area contributed by atoms with Crippen LogP contribution in [0.5, 0.6) is 5.75 Å². The average molecular weight is 471 g/mol. The highest BCUT2D eigenvalue weighted by Gasteiger charge is 2.13. The molecule has 1 heterocycles. The van der Waals surface area contributed by atoms with Crippen molar-refractivity contribution in [3.63, 3.8) is 0 Å². The predicted molar refractivity (Wildman–Crippen MR) is 139 cm³/mol. The Bertz CT molecular complexity index is 1520. The fourth-order valence-corrected chi connectivity index (χ4v) is 3.95. The third-order valence-corrected chi connectivity index (χ3v) is 6.03. The number of aromatic nitrogens is 2. The van der Waals surface area contributed by atoms with E-state index in [1.807, 2.05) is 48.5 Å².